The number of nitrogens with one attached hydrogen (secondary N) is 2. The topological polar surface area (TPSA) is 136 Å². The van der Waals surface area contributed by atoms with E-state index in [1.54, 1.807) is 0 Å². The molecule has 8 nitrogen and oxygen atoms in total. The van der Waals surface area contributed by atoms with Gasteiger partial charge in [0.1, 0.15) is 5.52 Å². The summed E-state index contributed by atoms with van der Waals surface area (Å²) in [5.74, 6) is 0.669. The lowest BCUT2D eigenvalue weighted by atomic mass is 10.4. The summed E-state index contributed by atoms with van der Waals surface area (Å²) >= 11 is 0. The van der Waals surface area contributed by atoms with Crippen LogP contribution < -0.4 is 16.8 Å². The second-order valence-corrected chi connectivity index (χ2v) is 3.52. The van der Waals surface area contributed by atoms with E-state index in [0.717, 1.165) is 19.4 Å². The van der Waals surface area contributed by atoms with E-state index < -0.39 is 0 Å². The van der Waals surface area contributed by atoms with Crippen LogP contribution in [0.3, 0.4) is 0 Å². The van der Waals surface area contributed by atoms with E-state index in [1.807, 2.05) is 0 Å². The third kappa shape index (κ3) is 2.60. The normalized spacial score (nSPS) is 14.2. The first-order valence-electron chi connectivity index (χ1n) is 5.15. The van der Waals surface area contributed by atoms with Crippen molar-refractivity contribution < 1.29 is 4.79 Å². The van der Waals surface area contributed by atoms with Gasteiger partial charge in [-0.1, -0.05) is 0 Å². The molecule has 3 heterocycles. The van der Waals surface area contributed by atoms with Crippen molar-refractivity contribution in [3.05, 3.63) is 6.33 Å². The third-order valence-electron chi connectivity index (χ3n) is 2.23. The minimum absolute atomic E-state index is 0.141. The summed E-state index contributed by atoms with van der Waals surface area (Å²) in [6, 6.07) is 0. The number of nitrogens with zero attached hydrogens (tertiary/aromatic N) is 3. The highest BCUT2D eigenvalue weighted by Crippen LogP contribution is 2.12. The van der Waals surface area contributed by atoms with Crippen LogP contribution in [0.15, 0.2) is 6.33 Å². The van der Waals surface area contributed by atoms with E-state index in [4.69, 9.17) is 11.5 Å². The number of hydrogen-bond donors (Lipinski definition) is 4. The maximum Gasteiger partial charge on any atom is 0.224 e. The highest BCUT2D eigenvalue weighted by molar-refractivity contribution is 5.81. The molecule has 17 heavy (non-hydrogen) atoms. The van der Waals surface area contributed by atoms with Crippen molar-refractivity contribution >= 4 is 28.8 Å². The van der Waals surface area contributed by atoms with Gasteiger partial charge in [0.15, 0.2) is 11.5 Å². The molecule has 0 atom stereocenters. The Bertz CT molecular complexity index is 527. The largest absolute Gasteiger partial charge is 0.382 e. The lowest BCUT2D eigenvalue weighted by Crippen LogP contribution is -2.12. The predicted molar refractivity (Wildman–Crippen MR) is 62.8 cm³/mol. The van der Waals surface area contributed by atoms with E-state index in [-0.39, 0.29) is 11.9 Å². The van der Waals surface area contributed by atoms with Gasteiger partial charge in [-0.25, -0.2) is 4.98 Å². The molecule has 0 aliphatic carbocycles. The summed E-state index contributed by atoms with van der Waals surface area (Å²) in [5.41, 5.74) is 11.9. The number of fused-ring (bicyclic) bond motifs is 1. The summed E-state index contributed by atoms with van der Waals surface area (Å²) in [6.45, 7) is 0.888. The number of nitrogen functional groups attached to an aromatic ring is 2. The minimum atomic E-state index is 0.141. The van der Waals surface area contributed by atoms with Crippen molar-refractivity contribution in [3.8, 4) is 0 Å². The van der Waals surface area contributed by atoms with Crippen LogP contribution in [0.1, 0.15) is 12.8 Å². The average Bonchev–Trinajstić information content (AvgIpc) is 2.89. The van der Waals surface area contributed by atoms with Crippen LogP contribution in [-0.2, 0) is 4.79 Å². The lowest BCUT2D eigenvalue weighted by Gasteiger charge is -1.94. The number of hydrogen-bond acceptors (Lipinski definition) is 6. The van der Waals surface area contributed by atoms with Crippen LogP contribution in [0.25, 0.3) is 11.2 Å². The molecule has 2 aromatic heterocycles. The Morgan fingerprint density at radius 1 is 1.29 bits per heavy atom. The number of aromatic nitrogens is 4. The van der Waals surface area contributed by atoms with E-state index in [2.05, 4.69) is 25.3 Å². The summed E-state index contributed by atoms with van der Waals surface area (Å²) in [5, 5.41) is 2.68. The average molecular weight is 235 g/mol. The molecule has 1 saturated heterocycles. The fourth-order valence-corrected chi connectivity index (χ4v) is 1.44. The fraction of sp³-hybridized carbons (Fsp3) is 0.333. The molecule has 1 aliphatic rings. The summed E-state index contributed by atoms with van der Waals surface area (Å²) in [7, 11) is 0. The van der Waals surface area contributed by atoms with E-state index in [0.29, 0.717) is 17.0 Å². The van der Waals surface area contributed by atoms with Crippen LogP contribution in [0.2, 0.25) is 0 Å². The van der Waals surface area contributed by atoms with Gasteiger partial charge in [-0.05, 0) is 6.42 Å². The Kier molecular flexibility index (Phi) is 3.03. The van der Waals surface area contributed by atoms with E-state index in [9.17, 15) is 4.79 Å². The van der Waals surface area contributed by atoms with Crippen molar-refractivity contribution in [2.24, 2.45) is 0 Å². The van der Waals surface area contributed by atoms with Gasteiger partial charge < -0.3 is 21.8 Å². The van der Waals surface area contributed by atoms with Gasteiger partial charge in [0.25, 0.3) is 0 Å². The smallest absolute Gasteiger partial charge is 0.224 e. The van der Waals surface area contributed by atoms with Crippen molar-refractivity contribution in [1.29, 1.82) is 0 Å². The van der Waals surface area contributed by atoms with E-state index in [1.165, 1.54) is 6.33 Å². The molecule has 6 N–H and O–H groups in total. The summed E-state index contributed by atoms with van der Waals surface area (Å²) in [4.78, 5) is 24.4. The zero-order valence-corrected chi connectivity index (χ0v) is 9.10. The third-order valence-corrected chi connectivity index (χ3v) is 2.23. The van der Waals surface area contributed by atoms with Crippen LogP contribution in [0.5, 0.6) is 0 Å². The maximum atomic E-state index is 10.1. The molecule has 0 spiro atoms. The van der Waals surface area contributed by atoms with Crippen LogP contribution in [0, 0.1) is 0 Å². The van der Waals surface area contributed by atoms with Crippen molar-refractivity contribution in [3.63, 3.8) is 0 Å². The molecular formula is C9H13N7O. The van der Waals surface area contributed by atoms with Crippen molar-refractivity contribution in [1.82, 2.24) is 25.3 Å². The fourth-order valence-electron chi connectivity index (χ4n) is 1.44. The number of nitrogens with two attached hydrogens (primary N) is 2. The Balaban J connectivity index is 0.000000153. The second-order valence-electron chi connectivity index (χ2n) is 3.52. The molecule has 90 valence electrons. The molecule has 0 unspecified atom stereocenters. The zero-order valence-electron chi connectivity index (χ0n) is 9.10. The molecule has 0 radical (unpaired) electrons. The number of aromatic amines is 1. The van der Waals surface area contributed by atoms with Gasteiger partial charge in [-0.15, -0.1) is 0 Å². The molecule has 0 saturated carbocycles. The van der Waals surface area contributed by atoms with Crippen molar-refractivity contribution in [2.75, 3.05) is 18.0 Å². The Morgan fingerprint density at radius 2 is 2.12 bits per heavy atom. The molecule has 2 aromatic rings. The Labute approximate surface area is 96.8 Å². The predicted octanol–water partition coefficient (Wildman–Crippen LogP) is -0.586. The summed E-state index contributed by atoms with van der Waals surface area (Å²) < 4.78 is 0. The molecular weight excluding hydrogens is 222 g/mol. The maximum absolute atomic E-state index is 10.1. The van der Waals surface area contributed by atoms with Gasteiger partial charge in [-0.3, -0.25) is 4.79 Å². The molecule has 8 heteroatoms. The monoisotopic (exact) mass is 235 g/mol. The highest BCUT2D eigenvalue weighted by Gasteiger charge is 2.05. The van der Waals surface area contributed by atoms with E-state index >= 15 is 0 Å². The standard InChI is InChI=1S/C5H6N6.C4H7NO/c6-3-2-4(9-1-8-2)11-5(7)10-3;6-4-2-1-3-5-4/h1H,(H5,6,7,8,9,10,11);1-3H2,(H,5,6). The highest BCUT2D eigenvalue weighted by atomic mass is 16.1. The first-order chi connectivity index (χ1) is 8.16. The first-order valence-corrected chi connectivity index (χ1v) is 5.15. The molecule has 1 fully saturated rings. The Hall–Kier alpha value is -2.38. The van der Waals surface area contributed by atoms with Gasteiger partial charge in [0.05, 0.1) is 6.33 Å². The lowest BCUT2D eigenvalue weighted by molar-refractivity contribution is -0.119. The quantitative estimate of drug-likeness (QED) is 0.482. The molecule has 0 bridgehead atoms. The Morgan fingerprint density at radius 3 is 2.71 bits per heavy atom. The van der Waals surface area contributed by atoms with Gasteiger partial charge in [-0.2, -0.15) is 9.97 Å². The number of anilines is 2. The van der Waals surface area contributed by atoms with Crippen molar-refractivity contribution in [2.45, 2.75) is 12.8 Å². The zero-order chi connectivity index (χ0) is 12.3. The number of imidazole rings is 1. The molecule has 1 aliphatic heterocycles. The second kappa shape index (κ2) is 4.64. The number of H-pyrrole nitrogens is 1. The molecule has 1 amide bonds. The number of rotatable bonds is 0. The number of carbonyl (C=O) groups is 1. The number of carbonyl (C=O) groups excluding carboxylic acids is 1. The van der Waals surface area contributed by atoms with Crippen LogP contribution in [-0.4, -0.2) is 32.4 Å². The van der Waals surface area contributed by atoms with Gasteiger partial charge >= 0.3 is 0 Å². The molecule has 0 aromatic carbocycles. The molecule has 3 rings (SSSR count). The summed E-state index contributed by atoms with van der Waals surface area (Å²) in [6.07, 6.45) is 3.26. The number of amides is 1. The SMILES string of the molecule is Nc1nc(N)c2[nH]cnc2n1.O=C1CCCN1. The minimum Gasteiger partial charge on any atom is -0.382 e. The van der Waals surface area contributed by atoms with Crippen LogP contribution in [0.4, 0.5) is 11.8 Å². The van der Waals surface area contributed by atoms with Crippen LogP contribution >= 0.6 is 0 Å². The van der Waals surface area contributed by atoms with Gasteiger partial charge in [0.2, 0.25) is 11.9 Å². The first kappa shape index (κ1) is 11.1. The van der Waals surface area contributed by atoms with Gasteiger partial charge in [0, 0.05) is 13.0 Å².